The fourth-order valence-corrected chi connectivity index (χ4v) is 7.74. The van der Waals surface area contributed by atoms with E-state index in [1.165, 1.54) is 19.3 Å². The fourth-order valence-electron chi connectivity index (χ4n) is 7.74. The summed E-state index contributed by atoms with van der Waals surface area (Å²) in [5, 5.41) is 0. The quantitative estimate of drug-likeness (QED) is 0.544. The maximum Gasteiger partial charge on any atom is 0.391 e. The molecule has 0 aromatic rings. The van der Waals surface area contributed by atoms with Gasteiger partial charge in [0.2, 0.25) is 0 Å². The van der Waals surface area contributed by atoms with E-state index in [1.54, 1.807) is 5.57 Å². The molecular weight excluding hydrogens is 335 g/mol. The molecule has 0 spiro atoms. The van der Waals surface area contributed by atoms with Crippen molar-refractivity contribution in [3.63, 3.8) is 0 Å². The van der Waals surface area contributed by atoms with Crippen molar-refractivity contribution in [2.45, 2.75) is 89.8 Å². The zero-order valence-electron chi connectivity index (χ0n) is 16.2. The minimum Gasteiger partial charge on any atom is -0.325 e. The minimum atomic E-state index is -4.02. The van der Waals surface area contributed by atoms with E-state index in [-0.39, 0.29) is 16.9 Å². The molecule has 0 amide bonds. The second-order valence-electron chi connectivity index (χ2n) is 9.92. The van der Waals surface area contributed by atoms with Crippen molar-refractivity contribution < 1.29 is 13.2 Å². The number of halogens is 3. The molecule has 4 aliphatic rings. The second-order valence-corrected chi connectivity index (χ2v) is 9.92. The van der Waals surface area contributed by atoms with Gasteiger partial charge < -0.3 is 5.73 Å². The largest absolute Gasteiger partial charge is 0.391 e. The summed E-state index contributed by atoms with van der Waals surface area (Å²) in [4.78, 5) is 0. The Morgan fingerprint density at radius 2 is 1.88 bits per heavy atom. The van der Waals surface area contributed by atoms with E-state index in [9.17, 15) is 13.2 Å². The molecule has 148 valence electrons. The van der Waals surface area contributed by atoms with Gasteiger partial charge in [0.05, 0.1) is 5.92 Å². The van der Waals surface area contributed by atoms with Gasteiger partial charge in [-0.1, -0.05) is 25.5 Å². The van der Waals surface area contributed by atoms with Gasteiger partial charge in [-0.3, -0.25) is 0 Å². The van der Waals surface area contributed by atoms with Crippen molar-refractivity contribution in [3.05, 3.63) is 11.6 Å². The van der Waals surface area contributed by atoms with Crippen LogP contribution in [-0.2, 0) is 0 Å². The third kappa shape index (κ3) is 2.69. The number of allylic oxidation sites excluding steroid dienone is 2. The molecule has 0 radical (unpaired) electrons. The zero-order chi connectivity index (χ0) is 18.7. The Morgan fingerprint density at radius 3 is 2.58 bits per heavy atom. The fraction of sp³-hybridized carbons (Fsp3) is 0.909. The Kier molecular flexibility index (Phi) is 4.53. The topological polar surface area (TPSA) is 26.0 Å². The van der Waals surface area contributed by atoms with Crippen molar-refractivity contribution in [2.24, 2.45) is 40.7 Å². The third-order valence-corrected chi connectivity index (χ3v) is 8.94. The Bertz CT molecular complexity index is 582. The van der Waals surface area contributed by atoms with Gasteiger partial charge in [0, 0.05) is 5.54 Å². The molecule has 0 bridgehead atoms. The van der Waals surface area contributed by atoms with Crippen molar-refractivity contribution in [3.8, 4) is 0 Å². The summed E-state index contributed by atoms with van der Waals surface area (Å²) in [6.07, 6.45) is 7.38. The molecule has 4 fully saturated rings. The normalized spacial score (nSPS) is 50.2. The first-order chi connectivity index (χ1) is 12.2. The summed E-state index contributed by atoms with van der Waals surface area (Å²) in [5.74, 6) is 0.556. The highest BCUT2D eigenvalue weighted by Gasteiger charge is 2.62. The zero-order valence-corrected chi connectivity index (χ0v) is 16.2. The maximum absolute atomic E-state index is 13.2. The van der Waals surface area contributed by atoms with Crippen molar-refractivity contribution >= 4 is 0 Å². The van der Waals surface area contributed by atoms with Crippen molar-refractivity contribution in [1.82, 2.24) is 0 Å². The molecule has 0 aliphatic heterocycles. The summed E-state index contributed by atoms with van der Waals surface area (Å²) >= 11 is 0. The summed E-state index contributed by atoms with van der Waals surface area (Å²) in [6.45, 7) is 4.63. The number of fused-ring (bicyclic) bond motifs is 5. The Morgan fingerprint density at radius 1 is 1.12 bits per heavy atom. The second kappa shape index (κ2) is 6.25. The summed E-state index contributed by atoms with van der Waals surface area (Å²) in [5.41, 5.74) is 8.86. The lowest BCUT2D eigenvalue weighted by atomic mass is 9.46. The first-order valence-corrected chi connectivity index (χ1v) is 10.7. The SMILES string of the molecule is CC/C=C1\CCC2C1(C)CCC1C3CCC(C(F)(F)F)CC3CCC12N. The van der Waals surface area contributed by atoms with E-state index >= 15 is 0 Å². The van der Waals surface area contributed by atoms with Crippen molar-refractivity contribution in [2.75, 3.05) is 0 Å². The van der Waals surface area contributed by atoms with Gasteiger partial charge in [-0.05, 0) is 93.3 Å². The molecule has 4 aliphatic carbocycles. The Balaban J connectivity index is 1.57. The molecule has 0 saturated heterocycles. The Hall–Kier alpha value is -0.510. The van der Waals surface area contributed by atoms with Gasteiger partial charge in [-0.25, -0.2) is 0 Å². The van der Waals surface area contributed by atoms with Crippen LogP contribution in [0.15, 0.2) is 11.6 Å². The van der Waals surface area contributed by atoms with Crippen LogP contribution in [0, 0.1) is 35.0 Å². The van der Waals surface area contributed by atoms with E-state index in [2.05, 4.69) is 19.9 Å². The summed E-state index contributed by atoms with van der Waals surface area (Å²) in [6, 6.07) is 0. The van der Waals surface area contributed by atoms with Crippen LogP contribution < -0.4 is 5.73 Å². The Labute approximate surface area is 156 Å². The number of hydrogen-bond donors (Lipinski definition) is 1. The van der Waals surface area contributed by atoms with Crippen LogP contribution in [0.2, 0.25) is 0 Å². The average molecular weight is 370 g/mol. The lowest BCUT2D eigenvalue weighted by Gasteiger charge is -2.61. The highest BCUT2D eigenvalue weighted by Crippen LogP contribution is 2.65. The number of rotatable bonds is 1. The van der Waals surface area contributed by atoms with E-state index in [4.69, 9.17) is 5.73 Å². The number of hydrogen-bond acceptors (Lipinski definition) is 1. The van der Waals surface area contributed by atoms with Gasteiger partial charge in [-0.15, -0.1) is 0 Å². The van der Waals surface area contributed by atoms with Gasteiger partial charge in [-0.2, -0.15) is 13.2 Å². The molecule has 2 N–H and O–H groups in total. The van der Waals surface area contributed by atoms with E-state index in [0.29, 0.717) is 30.6 Å². The van der Waals surface area contributed by atoms with Crippen LogP contribution in [0.3, 0.4) is 0 Å². The maximum atomic E-state index is 13.2. The monoisotopic (exact) mass is 369 g/mol. The molecule has 0 aromatic carbocycles. The highest BCUT2D eigenvalue weighted by molar-refractivity contribution is 5.27. The smallest absolute Gasteiger partial charge is 0.325 e. The highest BCUT2D eigenvalue weighted by atomic mass is 19.4. The first kappa shape index (κ1) is 18.8. The molecule has 7 unspecified atom stereocenters. The van der Waals surface area contributed by atoms with E-state index in [0.717, 1.165) is 32.1 Å². The van der Waals surface area contributed by atoms with Crippen molar-refractivity contribution in [1.29, 1.82) is 0 Å². The lowest BCUT2D eigenvalue weighted by Crippen LogP contribution is -2.65. The van der Waals surface area contributed by atoms with Gasteiger partial charge in [0.25, 0.3) is 0 Å². The van der Waals surface area contributed by atoms with Crippen LogP contribution in [0.5, 0.6) is 0 Å². The third-order valence-electron chi connectivity index (χ3n) is 8.94. The van der Waals surface area contributed by atoms with Crippen LogP contribution in [-0.4, -0.2) is 11.7 Å². The number of alkyl halides is 3. The minimum absolute atomic E-state index is 0.150. The first-order valence-electron chi connectivity index (χ1n) is 10.7. The molecule has 0 heterocycles. The van der Waals surface area contributed by atoms with Crippen LogP contribution in [0.4, 0.5) is 13.2 Å². The molecule has 7 atom stereocenters. The molecule has 26 heavy (non-hydrogen) atoms. The number of nitrogens with two attached hydrogens (primary N) is 1. The average Bonchev–Trinajstić information content (AvgIpc) is 2.91. The predicted molar refractivity (Wildman–Crippen MR) is 98.5 cm³/mol. The lowest BCUT2D eigenvalue weighted by molar-refractivity contribution is -0.196. The summed E-state index contributed by atoms with van der Waals surface area (Å²) < 4.78 is 39.7. The molecule has 4 rings (SSSR count). The molecule has 4 saturated carbocycles. The molecular formula is C22H34F3N. The van der Waals surface area contributed by atoms with Gasteiger partial charge in [0.1, 0.15) is 0 Å². The van der Waals surface area contributed by atoms with Crippen LogP contribution in [0.1, 0.15) is 78.1 Å². The molecule has 0 aromatic heterocycles. The van der Waals surface area contributed by atoms with Gasteiger partial charge >= 0.3 is 6.18 Å². The predicted octanol–water partition coefficient (Wildman–Crippen LogP) is 6.24. The van der Waals surface area contributed by atoms with Gasteiger partial charge in [0.15, 0.2) is 0 Å². The van der Waals surface area contributed by atoms with Crippen LogP contribution >= 0.6 is 0 Å². The molecule has 1 nitrogen and oxygen atoms in total. The standard InChI is InChI=1S/C22H34F3N/c1-3-4-15-6-8-19-20(15,2)11-10-18-17-7-5-16(22(23,24)25)13-14(17)9-12-21(18,19)26/h4,14,16-19H,3,5-13,26H2,1-2H3/b15-4+. The molecule has 4 heteroatoms. The van der Waals surface area contributed by atoms with E-state index < -0.39 is 12.1 Å². The summed E-state index contributed by atoms with van der Waals surface area (Å²) in [7, 11) is 0. The van der Waals surface area contributed by atoms with Crippen LogP contribution in [0.25, 0.3) is 0 Å². The van der Waals surface area contributed by atoms with E-state index in [1.807, 2.05) is 0 Å².